The second-order valence-corrected chi connectivity index (χ2v) is 8.18. The molecule has 0 aliphatic carbocycles. The molecule has 1 amide bonds. The first-order valence-electron chi connectivity index (χ1n) is 9.12. The molecule has 1 aliphatic heterocycles. The van der Waals surface area contributed by atoms with Crippen LogP contribution in [-0.4, -0.2) is 23.6 Å². The molecule has 2 heterocycles. The molecule has 0 radical (unpaired) electrons. The molecule has 1 aromatic heterocycles. The fourth-order valence-corrected chi connectivity index (χ4v) is 4.69. The van der Waals surface area contributed by atoms with Gasteiger partial charge in [0.2, 0.25) is 5.78 Å². The van der Waals surface area contributed by atoms with Gasteiger partial charge in [0.05, 0.1) is 10.6 Å². The van der Waals surface area contributed by atoms with E-state index in [1.807, 2.05) is 0 Å². The Morgan fingerprint density at radius 2 is 2.03 bits per heavy atom. The van der Waals surface area contributed by atoms with E-state index in [0.29, 0.717) is 43.1 Å². The quantitative estimate of drug-likeness (QED) is 0.645. The predicted octanol–water partition coefficient (Wildman–Crippen LogP) is 4.43. The van der Waals surface area contributed by atoms with Crippen LogP contribution in [0.15, 0.2) is 30.3 Å². The number of nitrogens with one attached hydrogen (secondary N) is 1. The minimum Gasteiger partial charge on any atom is -0.479 e. The number of benzene rings is 2. The molecule has 0 spiro atoms. The summed E-state index contributed by atoms with van der Waals surface area (Å²) < 4.78 is 20.6. The molecule has 0 bridgehead atoms. The summed E-state index contributed by atoms with van der Waals surface area (Å²) in [6, 6.07) is 7.92. The van der Waals surface area contributed by atoms with Crippen LogP contribution < -0.4 is 10.1 Å². The fourth-order valence-electron chi connectivity index (χ4n) is 3.52. The molecule has 4 rings (SSSR count). The van der Waals surface area contributed by atoms with Gasteiger partial charge >= 0.3 is 0 Å². The standard InChI is InChI=1S/C22H18FNO4S/c1-10(25)7-13-8-16-17(28-12(3)22(27)24-16)9-14(13)20(26)21-11(2)19-15(23)5-4-6-18(19)29-21/h4-6,8-9,12H,7H2,1-3H3,(H,24,27). The first-order valence-corrected chi connectivity index (χ1v) is 9.94. The molecule has 1 unspecified atom stereocenters. The second-order valence-electron chi connectivity index (χ2n) is 7.13. The SMILES string of the molecule is CC(=O)Cc1cc2c(cc1C(=O)c1sc3cccc(F)c3c1C)OC(C)C(=O)N2. The van der Waals surface area contributed by atoms with Crippen molar-refractivity contribution in [3.8, 4) is 5.75 Å². The smallest absolute Gasteiger partial charge is 0.265 e. The van der Waals surface area contributed by atoms with E-state index < -0.39 is 6.10 Å². The van der Waals surface area contributed by atoms with E-state index in [4.69, 9.17) is 4.74 Å². The van der Waals surface area contributed by atoms with Crippen molar-refractivity contribution in [3.05, 3.63) is 57.7 Å². The third-order valence-corrected chi connectivity index (χ3v) is 6.19. The van der Waals surface area contributed by atoms with Crippen LogP contribution in [0.2, 0.25) is 0 Å². The Balaban J connectivity index is 1.87. The molecule has 0 saturated carbocycles. The molecule has 0 fully saturated rings. The van der Waals surface area contributed by atoms with Gasteiger partial charge in [-0.1, -0.05) is 6.07 Å². The molecule has 1 N–H and O–H groups in total. The first kappa shape index (κ1) is 19.3. The highest BCUT2D eigenvalue weighted by atomic mass is 32.1. The van der Waals surface area contributed by atoms with Crippen LogP contribution in [0.3, 0.4) is 0 Å². The molecular formula is C22H18FNO4S. The number of thiophene rings is 1. The number of aryl methyl sites for hydroxylation is 1. The molecule has 3 aromatic rings. The molecule has 7 heteroatoms. The maximum atomic E-state index is 14.3. The number of hydrogen-bond donors (Lipinski definition) is 1. The van der Waals surface area contributed by atoms with Crippen LogP contribution in [0.5, 0.6) is 5.75 Å². The molecule has 1 aliphatic rings. The topological polar surface area (TPSA) is 72.5 Å². The third-order valence-electron chi connectivity index (χ3n) is 4.93. The minimum atomic E-state index is -0.690. The largest absolute Gasteiger partial charge is 0.479 e. The van der Waals surface area contributed by atoms with Crippen LogP contribution >= 0.6 is 11.3 Å². The zero-order valence-electron chi connectivity index (χ0n) is 16.1. The van der Waals surface area contributed by atoms with Crippen molar-refractivity contribution >= 4 is 44.6 Å². The summed E-state index contributed by atoms with van der Waals surface area (Å²) in [5.41, 5.74) is 1.82. The summed E-state index contributed by atoms with van der Waals surface area (Å²) in [6.45, 7) is 4.77. The monoisotopic (exact) mass is 411 g/mol. The Morgan fingerprint density at radius 3 is 2.72 bits per heavy atom. The molecular weight excluding hydrogens is 393 g/mol. The van der Waals surface area contributed by atoms with Crippen molar-refractivity contribution in [1.29, 1.82) is 0 Å². The summed E-state index contributed by atoms with van der Waals surface area (Å²) in [5.74, 6) is -0.701. The van der Waals surface area contributed by atoms with Crippen LogP contribution in [0, 0.1) is 12.7 Å². The normalized spacial score (nSPS) is 15.6. The minimum absolute atomic E-state index is 0.0398. The van der Waals surface area contributed by atoms with Gasteiger partial charge in [-0.25, -0.2) is 4.39 Å². The van der Waals surface area contributed by atoms with E-state index >= 15 is 0 Å². The summed E-state index contributed by atoms with van der Waals surface area (Å²) >= 11 is 1.22. The lowest BCUT2D eigenvalue weighted by Crippen LogP contribution is -2.34. The lowest BCUT2D eigenvalue weighted by molar-refractivity contribution is -0.122. The zero-order chi connectivity index (χ0) is 20.9. The summed E-state index contributed by atoms with van der Waals surface area (Å²) in [6.07, 6.45) is -0.651. The van der Waals surface area contributed by atoms with E-state index in [9.17, 15) is 18.8 Å². The number of carbonyl (C=O) groups is 3. The fraction of sp³-hybridized carbons (Fsp3) is 0.227. The number of ketones is 2. The van der Waals surface area contributed by atoms with Crippen molar-refractivity contribution in [2.45, 2.75) is 33.3 Å². The number of fused-ring (bicyclic) bond motifs is 2. The first-order chi connectivity index (χ1) is 13.8. The highest BCUT2D eigenvalue weighted by Crippen LogP contribution is 2.38. The molecule has 0 saturated heterocycles. The molecule has 148 valence electrons. The van der Waals surface area contributed by atoms with E-state index in [-0.39, 0.29) is 29.7 Å². The number of hydrogen-bond acceptors (Lipinski definition) is 5. The van der Waals surface area contributed by atoms with Gasteiger partial charge in [0.1, 0.15) is 17.3 Å². The summed E-state index contributed by atoms with van der Waals surface area (Å²) in [7, 11) is 0. The number of ether oxygens (including phenoxy) is 1. The van der Waals surface area contributed by atoms with E-state index in [1.165, 1.54) is 24.3 Å². The number of amides is 1. The number of rotatable bonds is 4. The van der Waals surface area contributed by atoms with Gasteiger partial charge in [-0.05, 0) is 56.2 Å². The lowest BCUT2D eigenvalue weighted by atomic mass is 9.95. The van der Waals surface area contributed by atoms with E-state index in [1.54, 1.807) is 38.1 Å². The average Bonchev–Trinajstić information content (AvgIpc) is 2.99. The van der Waals surface area contributed by atoms with Gasteiger partial charge in [-0.15, -0.1) is 11.3 Å². The van der Waals surface area contributed by atoms with E-state index in [2.05, 4.69) is 5.32 Å². The van der Waals surface area contributed by atoms with Crippen LogP contribution in [0.25, 0.3) is 10.1 Å². The number of halogens is 1. The predicted molar refractivity (Wildman–Crippen MR) is 109 cm³/mol. The van der Waals surface area contributed by atoms with Crippen molar-refractivity contribution in [3.63, 3.8) is 0 Å². The number of anilines is 1. The molecule has 2 aromatic carbocycles. The van der Waals surface area contributed by atoms with Crippen LogP contribution in [-0.2, 0) is 16.0 Å². The highest BCUT2D eigenvalue weighted by Gasteiger charge is 2.28. The maximum Gasteiger partial charge on any atom is 0.265 e. The van der Waals surface area contributed by atoms with Gasteiger partial charge in [-0.2, -0.15) is 0 Å². The van der Waals surface area contributed by atoms with Crippen molar-refractivity contribution in [2.75, 3.05) is 5.32 Å². The molecule has 5 nitrogen and oxygen atoms in total. The van der Waals surface area contributed by atoms with Crippen molar-refractivity contribution < 1.29 is 23.5 Å². The number of Topliss-reactive ketones (excluding diaryl/α,β-unsaturated/α-hetero) is 1. The van der Waals surface area contributed by atoms with Gasteiger partial charge in [0, 0.05) is 22.1 Å². The number of carbonyl (C=O) groups excluding carboxylic acids is 3. The second kappa shape index (κ2) is 7.08. The molecule has 1 atom stereocenters. The third kappa shape index (κ3) is 3.31. The summed E-state index contributed by atoms with van der Waals surface area (Å²) in [5, 5.41) is 3.17. The van der Waals surface area contributed by atoms with Gasteiger partial charge in [-0.3, -0.25) is 14.4 Å². The van der Waals surface area contributed by atoms with Crippen LogP contribution in [0.4, 0.5) is 10.1 Å². The Hall–Kier alpha value is -3.06. The van der Waals surface area contributed by atoms with Crippen molar-refractivity contribution in [1.82, 2.24) is 0 Å². The highest BCUT2D eigenvalue weighted by molar-refractivity contribution is 7.21. The van der Waals surface area contributed by atoms with Gasteiger partial charge < -0.3 is 10.1 Å². The average molecular weight is 411 g/mol. The maximum absolute atomic E-state index is 14.3. The van der Waals surface area contributed by atoms with Gasteiger partial charge in [0.15, 0.2) is 6.10 Å². The van der Waals surface area contributed by atoms with Gasteiger partial charge in [0.25, 0.3) is 5.91 Å². The molecule has 29 heavy (non-hydrogen) atoms. The Bertz CT molecular complexity index is 1200. The lowest BCUT2D eigenvalue weighted by Gasteiger charge is -2.25. The van der Waals surface area contributed by atoms with Crippen molar-refractivity contribution in [2.24, 2.45) is 0 Å². The Labute approximate surface area is 170 Å². The van der Waals surface area contributed by atoms with E-state index in [0.717, 1.165) is 0 Å². The zero-order valence-corrected chi connectivity index (χ0v) is 16.9. The van der Waals surface area contributed by atoms with Crippen LogP contribution in [0.1, 0.15) is 40.2 Å². The summed E-state index contributed by atoms with van der Waals surface area (Å²) in [4.78, 5) is 37.5. The Morgan fingerprint density at radius 1 is 1.28 bits per heavy atom. The Kier molecular flexibility index (Phi) is 4.70.